The zero-order valence-corrected chi connectivity index (χ0v) is 17.0. The van der Waals surface area contributed by atoms with E-state index in [0.717, 1.165) is 15.7 Å². The van der Waals surface area contributed by atoms with Gasteiger partial charge in [0.1, 0.15) is 0 Å². The molecule has 2 aliphatic rings. The number of carbonyl (C=O) groups is 1. The van der Waals surface area contributed by atoms with E-state index in [1.165, 1.54) is 0 Å². The van der Waals surface area contributed by atoms with Gasteiger partial charge in [0.25, 0.3) is 5.91 Å². The smallest absolute Gasteiger partial charge is 0.264 e. The number of likely N-dealkylation sites (N-methyl/N-ethyl adjacent to an activating group) is 1. The Labute approximate surface area is 151 Å². The number of anilines is 1. The van der Waals surface area contributed by atoms with E-state index in [4.69, 9.17) is 4.74 Å². The van der Waals surface area contributed by atoms with E-state index in [2.05, 4.69) is 15.9 Å². The van der Waals surface area contributed by atoms with Crippen LogP contribution in [0.25, 0.3) is 0 Å². The molecule has 1 fully saturated rings. The van der Waals surface area contributed by atoms with E-state index in [0.29, 0.717) is 6.42 Å². The zero-order valence-electron chi connectivity index (χ0n) is 14.4. The lowest BCUT2D eigenvalue weighted by Gasteiger charge is -2.32. The number of carbonyl (C=O) groups excluding carboxylic acids is 1. The Bertz CT molecular complexity index is 677. The van der Waals surface area contributed by atoms with Crippen LogP contribution in [0, 0.1) is 5.92 Å². The van der Waals surface area contributed by atoms with Crippen molar-refractivity contribution in [1.82, 2.24) is 0 Å². The van der Waals surface area contributed by atoms with Crippen molar-refractivity contribution in [2.45, 2.75) is 43.7 Å². The maximum atomic E-state index is 13.2. The number of aliphatic hydroxyl groups excluding tert-OH is 1. The van der Waals surface area contributed by atoms with E-state index >= 15 is 0 Å². The second-order valence-corrected chi connectivity index (χ2v) is 12.3. The number of amides is 1. The average molecular weight is 414 g/mol. The van der Waals surface area contributed by atoms with Gasteiger partial charge in [-0.1, -0.05) is 22.9 Å². The summed E-state index contributed by atoms with van der Waals surface area (Å²) in [6.45, 7) is 5.73. The third-order valence-corrected chi connectivity index (χ3v) is 8.49. The SMILES string of the molecule is C[C@H]1[C@H]([Si](C)(C)O)[C@@H](CCO)O[C@]12C(=O)N(C)c1ccc(Br)cc12. The van der Waals surface area contributed by atoms with Crippen LogP contribution < -0.4 is 4.90 Å². The van der Waals surface area contributed by atoms with Crippen LogP contribution in [0.1, 0.15) is 18.9 Å². The lowest BCUT2D eigenvalue weighted by atomic mass is 9.82. The van der Waals surface area contributed by atoms with Crippen LogP contribution in [0.2, 0.25) is 18.6 Å². The van der Waals surface area contributed by atoms with Crippen LogP contribution in [-0.4, -0.2) is 43.9 Å². The zero-order chi connectivity index (χ0) is 17.9. The minimum absolute atomic E-state index is 0.0240. The standard InChI is InChI=1S/C17H24BrNO4Si/c1-10-15(24(3,4)22)14(7-8-20)23-17(10)12-9-11(18)5-6-13(12)19(2)16(17)21/h5-6,9-10,14-15,20,22H,7-8H2,1-4H3/t10-,14+,15-,17+/m0/s1. The number of rotatable bonds is 3. The Morgan fingerprint density at radius 1 is 1.42 bits per heavy atom. The second-order valence-electron chi connectivity index (χ2n) is 7.40. The lowest BCUT2D eigenvalue weighted by molar-refractivity contribution is -0.146. The number of hydrogen-bond donors (Lipinski definition) is 2. The third-order valence-electron chi connectivity index (χ3n) is 5.49. The van der Waals surface area contributed by atoms with Gasteiger partial charge in [-0.3, -0.25) is 4.79 Å². The third kappa shape index (κ3) is 2.41. The van der Waals surface area contributed by atoms with Gasteiger partial charge in [0.05, 0.1) is 11.8 Å². The molecule has 1 aromatic rings. The highest BCUT2D eigenvalue weighted by Crippen LogP contribution is 2.59. The molecule has 7 heteroatoms. The van der Waals surface area contributed by atoms with Crippen LogP contribution in [0.15, 0.2) is 22.7 Å². The minimum atomic E-state index is -2.59. The minimum Gasteiger partial charge on any atom is -0.432 e. The van der Waals surface area contributed by atoms with E-state index in [1.54, 1.807) is 11.9 Å². The van der Waals surface area contributed by atoms with Gasteiger partial charge in [0.2, 0.25) is 0 Å². The lowest BCUT2D eigenvalue weighted by Crippen LogP contribution is -2.45. The highest BCUT2D eigenvalue weighted by Gasteiger charge is 2.65. The molecule has 0 unspecified atom stereocenters. The first kappa shape index (κ1) is 18.1. The molecule has 0 saturated carbocycles. The van der Waals surface area contributed by atoms with Crippen molar-refractivity contribution in [3.05, 3.63) is 28.2 Å². The topological polar surface area (TPSA) is 70.0 Å². The first-order valence-corrected chi connectivity index (χ1v) is 12.1. The maximum Gasteiger partial charge on any atom is 0.264 e. The molecule has 1 saturated heterocycles. The summed E-state index contributed by atoms with van der Waals surface area (Å²) < 4.78 is 7.26. The summed E-state index contributed by atoms with van der Waals surface area (Å²) in [5, 5.41) is 9.44. The molecule has 24 heavy (non-hydrogen) atoms. The molecule has 1 aromatic carbocycles. The van der Waals surface area contributed by atoms with E-state index in [-0.39, 0.29) is 30.1 Å². The highest BCUT2D eigenvalue weighted by molar-refractivity contribution is 9.10. The number of fused-ring (bicyclic) bond motifs is 2. The molecule has 0 aliphatic carbocycles. The molecule has 2 aliphatic heterocycles. The predicted molar refractivity (Wildman–Crippen MR) is 98.4 cm³/mol. The Balaban J connectivity index is 2.17. The summed E-state index contributed by atoms with van der Waals surface area (Å²) in [5.74, 6) is -0.252. The van der Waals surface area contributed by atoms with Gasteiger partial charge in [-0.05, 0) is 37.7 Å². The molecular weight excluding hydrogens is 390 g/mol. The van der Waals surface area contributed by atoms with Gasteiger partial charge in [-0.15, -0.1) is 0 Å². The van der Waals surface area contributed by atoms with Crippen molar-refractivity contribution in [3.8, 4) is 0 Å². The van der Waals surface area contributed by atoms with Crippen molar-refractivity contribution < 1.29 is 19.4 Å². The van der Waals surface area contributed by atoms with Crippen LogP contribution in [0.5, 0.6) is 0 Å². The average Bonchev–Trinajstić information content (AvgIpc) is 2.88. The maximum absolute atomic E-state index is 13.2. The number of benzene rings is 1. The summed E-state index contributed by atoms with van der Waals surface area (Å²) in [5.41, 5.74) is 0.495. The Hall–Kier alpha value is -0.733. The molecule has 132 valence electrons. The Morgan fingerprint density at radius 2 is 2.08 bits per heavy atom. The van der Waals surface area contributed by atoms with Gasteiger partial charge in [-0.25, -0.2) is 0 Å². The van der Waals surface area contributed by atoms with E-state index in [1.807, 2.05) is 38.2 Å². The van der Waals surface area contributed by atoms with Gasteiger partial charge in [0, 0.05) is 35.1 Å². The molecule has 4 atom stereocenters. The van der Waals surface area contributed by atoms with Crippen molar-refractivity contribution in [3.63, 3.8) is 0 Å². The Morgan fingerprint density at radius 3 is 2.67 bits per heavy atom. The number of halogens is 1. The van der Waals surface area contributed by atoms with Crippen LogP contribution >= 0.6 is 15.9 Å². The van der Waals surface area contributed by atoms with Crippen molar-refractivity contribution >= 4 is 35.8 Å². The number of ether oxygens (including phenoxy) is 1. The van der Waals surface area contributed by atoms with Crippen molar-refractivity contribution in [1.29, 1.82) is 0 Å². The number of nitrogens with zero attached hydrogens (tertiary/aromatic N) is 1. The van der Waals surface area contributed by atoms with Gasteiger partial charge in [0.15, 0.2) is 13.9 Å². The van der Waals surface area contributed by atoms with Crippen LogP contribution in [0.3, 0.4) is 0 Å². The summed E-state index contributed by atoms with van der Waals surface area (Å²) >= 11 is 3.49. The summed E-state index contributed by atoms with van der Waals surface area (Å²) in [6, 6.07) is 5.77. The first-order chi connectivity index (χ1) is 11.1. The quantitative estimate of drug-likeness (QED) is 0.747. The van der Waals surface area contributed by atoms with Gasteiger partial charge in [-0.2, -0.15) is 0 Å². The molecule has 5 nitrogen and oxygen atoms in total. The summed E-state index contributed by atoms with van der Waals surface area (Å²) in [4.78, 5) is 25.7. The van der Waals surface area contributed by atoms with Crippen LogP contribution in [0.4, 0.5) is 5.69 Å². The first-order valence-electron chi connectivity index (χ1n) is 8.23. The molecule has 2 heterocycles. The monoisotopic (exact) mass is 413 g/mol. The van der Waals surface area contributed by atoms with E-state index < -0.39 is 13.9 Å². The molecular formula is C17H24BrNO4Si. The molecule has 1 amide bonds. The van der Waals surface area contributed by atoms with Crippen molar-refractivity contribution in [2.24, 2.45) is 5.92 Å². The molecule has 0 bridgehead atoms. The molecule has 0 aromatic heterocycles. The number of hydrogen-bond acceptors (Lipinski definition) is 4. The summed E-state index contributed by atoms with van der Waals surface area (Å²) in [6.07, 6.45) is 0.104. The van der Waals surface area contributed by atoms with E-state index in [9.17, 15) is 14.7 Å². The molecule has 3 rings (SSSR count). The fraction of sp³-hybridized carbons (Fsp3) is 0.588. The Kier molecular flexibility index (Phi) is 4.45. The fourth-order valence-electron chi connectivity index (χ4n) is 4.55. The fourth-order valence-corrected chi connectivity index (χ4v) is 7.52. The second kappa shape index (κ2) is 5.91. The molecule has 0 radical (unpaired) electrons. The molecule has 1 spiro atoms. The van der Waals surface area contributed by atoms with Gasteiger partial charge < -0.3 is 19.5 Å². The van der Waals surface area contributed by atoms with Crippen molar-refractivity contribution in [2.75, 3.05) is 18.6 Å². The summed E-state index contributed by atoms with van der Waals surface area (Å²) in [7, 11) is -0.826. The predicted octanol–water partition coefficient (Wildman–Crippen LogP) is 2.61. The largest absolute Gasteiger partial charge is 0.432 e. The number of aliphatic hydroxyl groups is 1. The normalized spacial score (nSPS) is 32.7. The molecule has 2 N–H and O–H groups in total. The van der Waals surface area contributed by atoms with Gasteiger partial charge >= 0.3 is 0 Å². The highest BCUT2D eigenvalue weighted by atomic mass is 79.9. The van der Waals surface area contributed by atoms with Crippen LogP contribution in [-0.2, 0) is 15.1 Å².